The van der Waals surface area contributed by atoms with Gasteiger partial charge < -0.3 is 0 Å². The summed E-state index contributed by atoms with van der Waals surface area (Å²) >= 11 is 5.35. The van der Waals surface area contributed by atoms with Crippen LogP contribution in [0.4, 0.5) is 0 Å². The molecule has 1 aromatic rings. The van der Waals surface area contributed by atoms with Crippen LogP contribution in [0.15, 0.2) is 29.2 Å². The van der Waals surface area contributed by atoms with Crippen LogP contribution in [0, 0.1) is 12.8 Å². The molecule has 0 aromatic heterocycles. The van der Waals surface area contributed by atoms with E-state index in [0.29, 0.717) is 24.4 Å². The Kier molecular flexibility index (Phi) is 4.28. The number of halogens is 1. The van der Waals surface area contributed by atoms with Crippen LogP contribution in [0.1, 0.15) is 18.4 Å². The van der Waals surface area contributed by atoms with Crippen LogP contribution in [-0.4, -0.2) is 31.1 Å². The van der Waals surface area contributed by atoms with Crippen molar-refractivity contribution in [2.75, 3.05) is 13.1 Å². The summed E-state index contributed by atoms with van der Waals surface area (Å²) in [5, 5.41) is -0.403. The highest BCUT2D eigenvalue weighted by atomic mass is 35.5. The second kappa shape index (κ2) is 5.61. The maximum absolute atomic E-state index is 12.4. The monoisotopic (exact) mass is 301 g/mol. The van der Waals surface area contributed by atoms with E-state index in [0.717, 1.165) is 5.56 Å². The average Bonchev–Trinajstić information content (AvgIpc) is 2.78. The third kappa shape index (κ3) is 3.35. The van der Waals surface area contributed by atoms with Gasteiger partial charge in [0.25, 0.3) is 0 Å². The maximum atomic E-state index is 12.4. The van der Waals surface area contributed by atoms with Crippen molar-refractivity contribution in [3.8, 4) is 0 Å². The molecule has 19 heavy (non-hydrogen) atoms. The van der Waals surface area contributed by atoms with E-state index in [4.69, 9.17) is 11.6 Å². The standard InChI is InChI=1S/C13H16ClNO3S/c1-10-2-4-12(5-3-10)19(17,18)15-7-6-11(9-15)8-13(14)16/h2-5,11H,6-9H2,1H3/t11-/m0/s1. The predicted octanol–water partition coefficient (Wildman–Crippen LogP) is 2.16. The summed E-state index contributed by atoms with van der Waals surface area (Å²) in [4.78, 5) is 11.2. The van der Waals surface area contributed by atoms with Crippen molar-refractivity contribution in [1.82, 2.24) is 4.31 Å². The number of hydrogen-bond donors (Lipinski definition) is 0. The van der Waals surface area contributed by atoms with E-state index >= 15 is 0 Å². The minimum atomic E-state index is -3.45. The van der Waals surface area contributed by atoms with Crippen LogP contribution in [-0.2, 0) is 14.8 Å². The molecule has 0 amide bonds. The Bertz CT molecular complexity index is 568. The lowest BCUT2D eigenvalue weighted by atomic mass is 10.1. The van der Waals surface area contributed by atoms with Gasteiger partial charge in [-0.1, -0.05) is 17.7 Å². The molecular formula is C13H16ClNO3S. The third-order valence-corrected chi connectivity index (χ3v) is 5.39. The normalized spacial score (nSPS) is 20.6. The van der Waals surface area contributed by atoms with Crippen molar-refractivity contribution in [2.24, 2.45) is 5.92 Å². The first-order chi connectivity index (χ1) is 8.89. The van der Waals surface area contributed by atoms with Gasteiger partial charge in [0.05, 0.1) is 4.90 Å². The molecule has 6 heteroatoms. The first-order valence-electron chi connectivity index (χ1n) is 6.15. The van der Waals surface area contributed by atoms with Gasteiger partial charge in [-0.3, -0.25) is 4.79 Å². The smallest absolute Gasteiger partial charge is 0.243 e. The third-order valence-electron chi connectivity index (χ3n) is 3.36. The molecule has 1 aliphatic rings. The number of hydrogen-bond acceptors (Lipinski definition) is 3. The summed E-state index contributed by atoms with van der Waals surface area (Å²) in [6, 6.07) is 6.79. The fourth-order valence-electron chi connectivity index (χ4n) is 2.27. The SMILES string of the molecule is Cc1ccc(S(=O)(=O)N2CC[C@@H](CC(=O)Cl)C2)cc1. The molecule has 0 aliphatic carbocycles. The molecule has 1 fully saturated rings. The van der Waals surface area contributed by atoms with Crippen LogP contribution in [0.5, 0.6) is 0 Å². The fraction of sp³-hybridized carbons (Fsp3) is 0.462. The maximum Gasteiger partial charge on any atom is 0.243 e. The van der Waals surface area contributed by atoms with Crippen molar-refractivity contribution in [3.63, 3.8) is 0 Å². The molecule has 4 nitrogen and oxygen atoms in total. The van der Waals surface area contributed by atoms with Crippen LogP contribution in [0.25, 0.3) is 0 Å². The van der Waals surface area contributed by atoms with Gasteiger partial charge in [0.1, 0.15) is 0 Å². The van der Waals surface area contributed by atoms with E-state index in [1.165, 1.54) is 4.31 Å². The van der Waals surface area contributed by atoms with Crippen molar-refractivity contribution < 1.29 is 13.2 Å². The summed E-state index contributed by atoms with van der Waals surface area (Å²) in [6.45, 7) is 2.73. The zero-order chi connectivity index (χ0) is 14.0. The van der Waals surface area contributed by atoms with E-state index in [2.05, 4.69) is 0 Å². The Hall–Kier alpha value is -0.910. The number of carbonyl (C=O) groups excluding carboxylic acids is 1. The van der Waals surface area contributed by atoms with E-state index in [1.54, 1.807) is 24.3 Å². The number of benzene rings is 1. The van der Waals surface area contributed by atoms with Crippen LogP contribution >= 0.6 is 11.6 Å². The van der Waals surface area contributed by atoms with Crippen molar-refractivity contribution in [1.29, 1.82) is 0 Å². The zero-order valence-electron chi connectivity index (χ0n) is 10.7. The largest absolute Gasteiger partial charge is 0.281 e. The van der Waals surface area contributed by atoms with Gasteiger partial charge in [-0.05, 0) is 43.0 Å². The van der Waals surface area contributed by atoms with Gasteiger partial charge in [0, 0.05) is 19.5 Å². The highest BCUT2D eigenvalue weighted by Gasteiger charge is 2.33. The molecule has 104 valence electrons. The van der Waals surface area contributed by atoms with Crippen LogP contribution in [0.3, 0.4) is 0 Å². The second-order valence-corrected chi connectivity index (χ2v) is 7.25. The number of rotatable bonds is 4. The summed E-state index contributed by atoms with van der Waals surface area (Å²) in [6.07, 6.45) is 0.922. The molecule has 1 aliphatic heterocycles. The predicted molar refractivity (Wildman–Crippen MR) is 73.5 cm³/mol. The average molecular weight is 302 g/mol. The van der Waals surface area contributed by atoms with Crippen LogP contribution in [0.2, 0.25) is 0 Å². The Morgan fingerprint density at radius 2 is 2.00 bits per heavy atom. The highest BCUT2D eigenvalue weighted by Crippen LogP contribution is 2.26. The molecule has 0 spiro atoms. The van der Waals surface area contributed by atoms with Crippen molar-refractivity contribution in [3.05, 3.63) is 29.8 Å². The second-order valence-electron chi connectivity index (χ2n) is 4.89. The summed E-state index contributed by atoms with van der Waals surface area (Å²) in [7, 11) is -3.45. The fourth-order valence-corrected chi connectivity index (χ4v) is 4.02. The van der Waals surface area contributed by atoms with Crippen molar-refractivity contribution >= 4 is 26.9 Å². The molecule has 0 saturated carbocycles. The minimum Gasteiger partial charge on any atom is -0.281 e. The van der Waals surface area contributed by atoms with Gasteiger partial charge in [0.15, 0.2) is 0 Å². The Morgan fingerprint density at radius 3 is 2.58 bits per heavy atom. The number of sulfonamides is 1. The lowest BCUT2D eigenvalue weighted by molar-refractivity contribution is -0.112. The molecule has 1 saturated heterocycles. The minimum absolute atomic E-state index is 0.0326. The summed E-state index contributed by atoms with van der Waals surface area (Å²) < 4.78 is 26.2. The molecule has 0 radical (unpaired) electrons. The van der Waals surface area contributed by atoms with E-state index in [-0.39, 0.29) is 12.3 Å². The van der Waals surface area contributed by atoms with Crippen molar-refractivity contribution in [2.45, 2.75) is 24.7 Å². The first kappa shape index (κ1) is 14.5. The van der Waals surface area contributed by atoms with Gasteiger partial charge >= 0.3 is 0 Å². The van der Waals surface area contributed by atoms with Gasteiger partial charge in [-0.15, -0.1) is 0 Å². The van der Waals surface area contributed by atoms with Gasteiger partial charge in [-0.2, -0.15) is 4.31 Å². The number of nitrogens with zero attached hydrogens (tertiary/aromatic N) is 1. The lowest BCUT2D eigenvalue weighted by Crippen LogP contribution is -2.29. The summed E-state index contributed by atoms with van der Waals surface area (Å²) in [5.74, 6) is 0.0326. The number of aryl methyl sites for hydroxylation is 1. The van der Waals surface area contributed by atoms with Gasteiger partial charge in [-0.25, -0.2) is 8.42 Å². The molecule has 0 unspecified atom stereocenters. The molecule has 0 N–H and O–H groups in total. The van der Waals surface area contributed by atoms with Gasteiger partial charge in [0.2, 0.25) is 15.3 Å². The highest BCUT2D eigenvalue weighted by molar-refractivity contribution is 7.89. The first-order valence-corrected chi connectivity index (χ1v) is 7.96. The molecule has 1 heterocycles. The van der Waals surface area contributed by atoms with E-state index in [9.17, 15) is 13.2 Å². The van der Waals surface area contributed by atoms with E-state index < -0.39 is 15.3 Å². The Balaban J connectivity index is 2.13. The molecule has 1 aromatic carbocycles. The zero-order valence-corrected chi connectivity index (χ0v) is 12.2. The Morgan fingerprint density at radius 1 is 1.37 bits per heavy atom. The topological polar surface area (TPSA) is 54.5 Å². The van der Waals surface area contributed by atoms with E-state index in [1.807, 2.05) is 6.92 Å². The molecule has 2 rings (SSSR count). The quantitative estimate of drug-likeness (QED) is 0.801. The lowest BCUT2D eigenvalue weighted by Gasteiger charge is -2.16. The van der Waals surface area contributed by atoms with Crippen LogP contribution < -0.4 is 0 Å². The Labute approximate surface area is 118 Å². The molecule has 0 bridgehead atoms. The molecular weight excluding hydrogens is 286 g/mol. The molecule has 1 atom stereocenters. The summed E-state index contributed by atoms with van der Waals surface area (Å²) in [5.41, 5.74) is 1.02. The number of carbonyl (C=O) groups is 1.